The highest BCUT2D eigenvalue weighted by Crippen LogP contribution is 2.35. The molecule has 4 rings (SSSR count). The van der Waals surface area contributed by atoms with Crippen molar-refractivity contribution in [2.45, 2.75) is 51.4 Å². The summed E-state index contributed by atoms with van der Waals surface area (Å²) in [6.45, 7) is 1.87. The number of fused-ring (bicyclic) bond motifs is 1. The molecule has 1 fully saturated rings. The van der Waals surface area contributed by atoms with Gasteiger partial charge in [-0.15, -0.1) is 0 Å². The first-order valence-electron chi connectivity index (χ1n) is 12.0. The lowest BCUT2D eigenvalue weighted by atomic mass is 9.95. The van der Waals surface area contributed by atoms with Gasteiger partial charge in [0.25, 0.3) is 11.8 Å². The number of hydrogen-bond acceptors (Lipinski definition) is 6. The van der Waals surface area contributed by atoms with E-state index in [1.54, 1.807) is 18.2 Å². The molecule has 188 valence electrons. The maximum Gasteiger partial charge on any atom is 0.269 e. The lowest BCUT2D eigenvalue weighted by Crippen LogP contribution is -2.41. The molecule has 0 spiro atoms. The molecule has 9 heteroatoms. The number of nitrogens with one attached hydrogen (secondary N) is 2. The number of allylic oxidation sites excluding steroid dienone is 3. The second-order valence-electron chi connectivity index (χ2n) is 8.79. The van der Waals surface area contributed by atoms with E-state index in [9.17, 15) is 14.7 Å². The van der Waals surface area contributed by atoms with Gasteiger partial charge in [-0.3, -0.25) is 20.4 Å². The third kappa shape index (κ3) is 5.32. The summed E-state index contributed by atoms with van der Waals surface area (Å²) in [6, 6.07) is 11.2. The van der Waals surface area contributed by atoms with E-state index in [0.29, 0.717) is 22.5 Å². The SMILES string of the molecule is C/C=C\C(=C/O)c1nc2cc(C(=O)NNC(=O)c3ccc(C(O)O)cc3)ccc2n1C1CCCCC1. The minimum atomic E-state index is -1.62. The topological polar surface area (TPSA) is 137 Å². The van der Waals surface area contributed by atoms with Gasteiger partial charge >= 0.3 is 0 Å². The zero-order valence-electron chi connectivity index (χ0n) is 20.0. The number of hydrazine groups is 1. The Hall–Kier alpha value is -3.95. The monoisotopic (exact) mass is 490 g/mol. The van der Waals surface area contributed by atoms with E-state index in [1.165, 1.54) is 30.7 Å². The van der Waals surface area contributed by atoms with Gasteiger partial charge in [-0.2, -0.15) is 0 Å². The van der Waals surface area contributed by atoms with Crippen molar-refractivity contribution in [2.24, 2.45) is 0 Å². The maximum absolute atomic E-state index is 12.8. The summed E-state index contributed by atoms with van der Waals surface area (Å²) in [5.41, 5.74) is 7.69. The van der Waals surface area contributed by atoms with Crippen LogP contribution >= 0.6 is 0 Å². The highest BCUT2D eigenvalue weighted by atomic mass is 16.5. The van der Waals surface area contributed by atoms with Crippen LogP contribution in [0.1, 0.15) is 83.5 Å². The van der Waals surface area contributed by atoms with E-state index in [-0.39, 0.29) is 17.2 Å². The van der Waals surface area contributed by atoms with Crippen LogP contribution in [0.5, 0.6) is 0 Å². The third-order valence-electron chi connectivity index (χ3n) is 6.40. The molecule has 2 aromatic carbocycles. The molecule has 0 atom stereocenters. The molecule has 9 nitrogen and oxygen atoms in total. The standard InChI is InChI=1S/C27H30N4O5/c1-2-6-20(16-32)24-28-22-15-19(13-14-23(22)31(24)21-7-4-3-5-8-21)26(34)30-29-25(33)17-9-11-18(12-10-17)27(35)36/h2,6,9-16,21,27,32,35-36H,3-5,7-8H2,1H3,(H,29,33)(H,30,34)/b6-2-,20-16+. The Balaban J connectivity index is 1.56. The van der Waals surface area contributed by atoms with Crippen molar-refractivity contribution < 1.29 is 24.9 Å². The summed E-state index contributed by atoms with van der Waals surface area (Å²) in [7, 11) is 0. The van der Waals surface area contributed by atoms with Crippen LogP contribution in [0.25, 0.3) is 16.6 Å². The largest absolute Gasteiger partial charge is 0.515 e. The van der Waals surface area contributed by atoms with Crippen molar-refractivity contribution in [1.29, 1.82) is 0 Å². The predicted octanol–water partition coefficient (Wildman–Crippen LogP) is 4.07. The van der Waals surface area contributed by atoms with Crippen molar-refractivity contribution >= 4 is 28.4 Å². The molecule has 2 amide bonds. The highest BCUT2D eigenvalue weighted by Gasteiger charge is 2.23. The predicted molar refractivity (Wildman–Crippen MR) is 136 cm³/mol. The number of hydrogen-bond donors (Lipinski definition) is 5. The molecule has 1 heterocycles. The van der Waals surface area contributed by atoms with Gasteiger partial charge in [0, 0.05) is 22.7 Å². The van der Waals surface area contributed by atoms with Gasteiger partial charge in [0.2, 0.25) is 0 Å². The number of carbonyl (C=O) groups excluding carboxylic acids is 2. The number of nitrogens with zero attached hydrogens (tertiary/aromatic N) is 2. The first kappa shape index (κ1) is 25.2. The fraction of sp³-hybridized carbons (Fsp3) is 0.296. The van der Waals surface area contributed by atoms with Crippen molar-refractivity contribution in [3.05, 3.63) is 83.4 Å². The van der Waals surface area contributed by atoms with Crippen LogP contribution in [0.4, 0.5) is 0 Å². The Labute approximate surface area is 208 Å². The number of aromatic nitrogens is 2. The van der Waals surface area contributed by atoms with Crippen molar-refractivity contribution in [1.82, 2.24) is 20.4 Å². The molecule has 1 aliphatic rings. The molecule has 36 heavy (non-hydrogen) atoms. The van der Waals surface area contributed by atoms with E-state index >= 15 is 0 Å². The molecule has 1 aromatic heterocycles. The number of aliphatic hydroxyl groups excluding tert-OH is 2. The highest BCUT2D eigenvalue weighted by molar-refractivity contribution is 6.00. The van der Waals surface area contributed by atoms with Gasteiger partial charge in [0.1, 0.15) is 5.82 Å². The van der Waals surface area contributed by atoms with Gasteiger partial charge in [0.05, 0.1) is 22.9 Å². The van der Waals surface area contributed by atoms with Crippen molar-refractivity contribution in [2.75, 3.05) is 0 Å². The van der Waals surface area contributed by atoms with E-state index in [4.69, 9.17) is 15.2 Å². The number of benzene rings is 2. The first-order chi connectivity index (χ1) is 17.4. The number of rotatable bonds is 6. The molecule has 5 N–H and O–H groups in total. The van der Waals surface area contributed by atoms with Gasteiger partial charge < -0.3 is 19.9 Å². The Morgan fingerprint density at radius 3 is 2.25 bits per heavy atom. The Bertz CT molecular complexity index is 1300. The van der Waals surface area contributed by atoms with Crippen LogP contribution in [0.15, 0.2) is 60.9 Å². The normalized spacial score (nSPS) is 15.1. The van der Waals surface area contributed by atoms with Crippen LogP contribution in [-0.2, 0) is 0 Å². The lowest BCUT2D eigenvalue weighted by molar-refractivity contribution is -0.0425. The van der Waals surface area contributed by atoms with Crippen LogP contribution in [0, 0.1) is 0 Å². The Kier molecular flexibility index (Phi) is 7.82. The Morgan fingerprint density at radius 1 is 1.00 bits per heavy atom. The first-order valence-corrected chi connectivity index (χ1v) is 12.0. The van der Waals surface area contributed by atoms with Crippen LogP contribution < -0.4 is 10.9 Å². The minimum absolute atomic E-state index is 0.248. The fourth-order valence-corrected chi connectivity index (χ4v) is 4.57. The zero-order valence-corrected chi connectivity index (χ0v) is 20.0. The third-order valence-corrected chi connectivity index (χ3v) is 6.40. The summed E-state index contributed by atoms with van der Waals surface area (Å²) in [6.07, 6.45) is 8.60. The van der Waals surface area contributed by atoms with Crippen molar-refractivity contribution in [3.63, 3.8) is 0 Å². The smallest absolute Gasteiger partial charge is 0.269 e. The molecular formula is C27H30N4O5. The molecular weight excluding hydrogens is 460 g/mol. The van der Waals surface area contributed by atoms with Gasteiger partial charge in [0.15, 0.2) is 6.29 Å². The molecule has 0 aliphatic heterocycles. The molecule has 3 aromatic rings. The van der Waals surface area contributed by atoms with E-state index < -0.39 is 18.1 Å². The second-order valence-corrected chi connectivity index (χ2v) is 8.79. The second kappa shape index (κ2) is 11.2. The van der Waals surface area contributed by atoms with Crippen LogP contribution in [-0.4, -0.2) is 36.7 Å². The van der Waals surface area contributed by atoms with Crippen molar-refractivity contribution in [3.8, 4) is 0 Å². The van der Waals surface area contributed by atoms with Gasteiger partial charge in [-0.25, -0.2) is 4.98 Å². The lowest BCUT2D eigenvalue weighted by Gasteiger charge is -2.25. The molecule has 1 aliphatic carbocycles. The zero-order chi connectivity index (χ0) is 25.7. The number of amides is 2. The quantitative estimate of drug-likeness (QED) is 0.153. The van der Waals surface area contributed by atoms with E-state index in [0.717, 1.165) is 37.5 Å². The maximum atomic E-state index is 12.8. The van der Waals surface area contributed by atoms with Crippen LogP contribution in [0.2, 0.25) is 0 Å². The molecule has 0 radical (unpaired) electrons. The molecule has 0 saturated heterocycles. The molecule has 0 bridgehead atoms. The number of carbonyl (C=O) groups is 2. The van der Waals surface area contributed by atoms with E-state index in [2.05, 4.69) is 15.4 Å². The summed E-state index contributed by atoms with van der Waals surface area (Å²) in [5, 5.41) is 28.2. The van der Waals surface area contributed by atoms with Gasteiger partial charge in [-0.1, -0.05) is 43.5 Å². The van der Waals surface area contributed by atoms with E-state index in [1.807, 2.05) is 19.1 Å². The average molecular weight is 491 g/mol. The molecule has 1 saturated carbocycles. The fourth-order valence-electron chi connectivity index (χ4n) is 4.57. The minimum Gasteiger partial charge on any atom is -0.515 e. The average Bonchev–Trinajstić information content (AvgIpc) is 3.29. The van der Waals surface area contributed by atoms with Gasteiger partial charge in [-0.05, 0) is 50.1 Å². The van der Waals surface area contributed by atoms with Crippen LogP contribution in [0.3, 0.4) is 0 Å². The summed E-state index contributed by atoms with van der Waals surface area (Å²) in [4.78, 5) is 29.9. The summed E-state index contributed by atoms with van der Waals surface area (Å²) < 4.78 is 2.16. The molecule has 0 unspecified atom stereocenters. The summed E-state index contributed by atoms with van der Waals surface area (Å²) >= 11 is 0. The number of imidazole rings is 1. The number of aliphatic hydroxyl groups is 3. The summed E-state index contributed by atoms with van der Waals surface area (Å²) in [5.74, 6) is -0.399. The Morgan fingerprint density at radius 2 is 1.64 bits per heavy atom.